The van der Waals surface area contributed by atoms with Crippen LogP contribution < -0.4 is 9.47 Å². The molecular weight excluding hydrogens is 470 g/mol. The smallest absolute Gasteiger partial charge is 0.266 e. The van der Waals surface area contributed by atoms with E-state index in [2.05, 4.69) is 12.1 Å². The Morgan fingerprint density at radius 3 is 2.45 bits per heavy atom. The molecule has 1 saturated heterocycles. The topological polar surface area (TPSA) is 38.8 Å². The largest absolute Gasteiger partial charge is 0.493 e. The maximum atomic E-state index is 12.9. The van der Waals surface area contributed by atoms with Crippen LogP contribution in [0.25, 0.3) is 6.08 Å². The molecule has 33 heavy (non-hydrogen) atoms. The average molecular weight is 494 g/mol. The number of carbonyl (C=O) groups is 1. The number of nitrogens with zero attached hydrogens (tertiary/aromatic N) is 1. The second-order valence-corrected chi connectivity index (χ2v) is 10.0. The Balaban J connectivity index is 1.39. The van der Waals surface area contributed by atoms with Gasteiger partial charge >= 0.3 is 0 Å². The SMILES string of the molecule is COc1cc(/C=C2\SC(=S)N(Cc3ccccc3)C2=O)ccc1OCCSc1ccccc1. The predicted molar refractivity (Wildman–Crippen MR) is 141 cm³/mol. The molecular formula is C26H23NO3S3. The quantitative estimate of drug-likeness (QED) is 0.151. The summed E-state index contributed by atoms with van der Waals surface area (Å²) in [6.07, 6.45) is 1.85. The van der Waals surface area contributed by atoms with Crippen molar-refractivity contribution in [1.29, 1.82) is 0 Å². The summed E-state index contributed by atoms with van der Waals surface area (Å²) in [6, 6.07) is 25.8. The van der Waals surface area contributed by atoms with Crippen LogP contribution in [0.15, 0.2) is 88.7 Å². The highest BCUT2D eigenvalue weighted by Crippen LogP contribution is 2.35. The molecule has 0 radical (unpaired) electrons. The fourth-order valence-electron chi connectivity index (χ4n) is 3.27. The molecule has 3 aromatic carbocycles. The number of ether oxygens (including phenoxy) is 2. The maximum absolute atomic E-state index is 12.9. The number of carbonyl (C=O) groups excluding carboxylic acids is 1. The molecule has 0 aromatic heterocycles. The van der Waals surface area contributed by atoms with Gasteiger partial charge in [0, 0.05) is 10.6 Å². The molecule has 0 N–H and O–H groups in total. The van der Waals surface area contributed by atoms with E-state index in [1.807, 2.05) is 72.8 Å². The summed E-state index contributed by atoms with van der Waals surface area (Å²) in [5.41, 5.74) is 1.90. The highest BCUT2D eigenvalue weighted by atomic mass is 32.2. The molecule has 0 unspecified atom stereocenters. The van der Waals surface area contributed by atoms with Crippen LogP contribution >= 0.6 is 35.7 Å². The molecule has 0 saturated carbocycles. The minimum absolute atomic E-state index is 0.0777. The summed E-state index contributed by atoms with van der Waals surface area (Å²) in [5.74, 6) is 2.07. The lowest BCUT2D eigenvalue weighted by atomic mass is 10.1. The second-order valence-electron chi connectivity index (χ2n) is 7.17. The summed E-state index contributed by atoms with van der Waals surface area (Å²) in [5, 5.41) is 0. The number of hydrogen-bond donors (Lipinski definition) is 0. The highest BCUT2D eigenvalue weighted by Gasteiger charge is 2.32. The van der Waals surface area contributed by atoms with Crippen molar-refractivity contribution in [1.82, 2.24) is 4.90 Å². The second kappa shape index (κ2) is 11.4. The van der Waals surface area contributed by atoms with Crippen molar-refractivity contribution < 1.29 is 14.3 Å². The zero-order chi connectivity index (χ0) is 23.0. The van der Waals surface area contributed by atoms with E-state index in [0.29, 0.717) is 33.9 Å². The fraction of sp³-hybridized carbons (Fsp3) is 0.154. The molecule has 7 heteroatoms. The summed E-state index contributed by atoms with van der Waals surface area (Å²) in [4.78, 5) is 16.4. The van der Waals surface area contributed by atoms with Gasteiger partial charge in [0.05, 0.1) is 25.2 Å². The van der Waals surface area contributed by atoms with Gasteiger partial charge in [-0.2, -0.15) is 0 Å². The molecule has 1 aliphatic heterocycles. The molecule has 0 spiro atoms. The van der Waals surface area contributed by atoms with Gasteiger partial charge in [0.25, 0.3) is 5.91 Å². The number of thioether (sulfide) groups is 2. The number of amides is 1. The summed E-state index contributed by atoms with van der Waals surface area (Å²) < 4.78 is 12.0. The standard InChI is InChI=1S/C26H23NO3S3/c1-29-23-16-20(12-13-22(23)30-14-15-32-21-10-6-3-7-11-21)17-24-25(28)27(26(31)33-24)18-19-8-4-2-5-9-19/h2-13,16-17H,14-15,18H2,1H3/b24-17-. The number of methoxy groups -OCH3 is 1. The van der Waals surface area contributed by atoms with Crippen LogP contribution in [0.3, 0.4) is 0 Å². The molecule has 0 atom stereocenters. The van der Waals surface area contributed by atoms with E-state index < -0.39 is 0 Å². The number of thiocarbonyl (C=S) groups is 1. The third-order valence-corrected chi connectivity index (χ3v) is 7.25. The normalized spacial score (nSPS) is 14.7. The third-order valence-electron chi connectivity index (χ3n) is 4.90. The van der Waals surface area contributed by atoms with Crippen LogP contribution in [-0.4, -0.2) is 34.6 Å². The Kier molecular flexibility index (Phi) is 8.10. The van der Waals surface area contributed by atoms with Gasteiger partial charge in [0.2, 0.25) is 0 Å². The van der Waals surface area contributed by atoms with Crippen LogP contribution in [-0.2, 0) is 11.3 Å². The van der Waals surface area contributed by atoms with E-state index in [4.69, 9.17) is 21.7 Å². The predicted octanol–water partition coefficient (Wildman–Crippen LogP) is 6.27. The van der Waals surface area contributed by atoms with Gasteiger partial charge in [-0.25, -0.2) is 0 Å². The third kappa shape index (κ3) is 6.19. The lowest BCUT2D eigenvalue weighted by Crippen LogP contribution is -2.27. The van der Waals surface area contributed by atoms with E-state index in [0.717, 1.165) is 16.9 Å². The Morgan fingerprint density at radius 1 is 1.00 bits per heavy atom. The molecule has 1 heterocycles. The maximum Gasteiger partial charge on any atom is 0.266 e. The molecule has 3 aromatic rings. The van der Waals surface area contributed by atoms with Gasteiger partial charge in [0.1, 0.15) is 4.32 Å². The molecule has 4 nitrogen and oxygen atoms in total. The van der Waals surface area contributed by atoms with E-state index in [1.54, 1.807) is 23.8 Å². The van der Waals surface area contributed by atoms with Crippen molar-refractivity contribution in [3.05, 3.63) is 94.9 Å². The average Bonchev–Trinajstić information content (AvgIpc) is 3.11. The van der Waals surface area contributed by atoms with Gasteiger partial charge in [-0.05, 0) is 41.5 Å². The lowest BCUT2D eigenvalue weighted by Gasteiger charge is -2.14. The number of benzene rings is 3. The first-order valence-electron chi connectivity index (χ1n) is 10.4. The molecule has 0 bridgehead atoms. The Labute approximate surface area is 208 Å². The van der Waals surface area contributed by atoms with Crippen molar-refractivity contribution in [2.75, 3.05) is 19.5 Å². The van der Waals surface area contributed by atoms with Crippen molar-refractivity contribution in [2.24, 2.45) is 0 Å². The monoisotopic (exact) mass is 493 g/mol. The first kappa shape index (κ1) is 23.4. The Bertz CT molecular complexity index is 1150. The molecule has 1 fully saturated rings. The molecule has 1 aliphatic rings. The summed E-state index contributed by atoms with van der Waals surface area (Å²) in [7, 11) is 1.62. The molecule has 168 valence electrons. The van der Waals surface area contributed by atoms with Crippen LogP contribution in [0.5, 0.6) is 11.5 Å². The first-order valence-corrected chi connectivity index (χ1v) is 12.6. The van der Waals surface area contributed by atoms with Crippen LogP contribution in [0.1, 0.15) is 11.1 Å². The van der Waals surface area contributed by atoms with E-state index in [-0.39, 0.29) is 5.91 Å². The molecule has 0 aliphatic carbocycles. The van der Waals surface area contributed by atoms with Gasteiger partial charge < -0.3 is 9.47 Å². The van der Waals surface area contributed by atoms with Crippen molar-refractivity contribution in [2.45, 2.75) is 11.4 Å². The van der Waals surface area contributed by atoms with E-state index in [9.17, 15) is 4.79 Å². The zero-order valence-electron chi connectivity index (χ0n) is 18.1. The van der Waals surface area contributed by atoms with Gasteiger partial charge in [-0.15, -0.1) is 11.8 Å². The highest BCUT2D eigenvalue weighted by molar-refractivity contribution is 8.26. The number of rotatable bonds is 9. The van der Waals surface area contributed by atoms with Gasteiger partial charge in [0.15, 0.2) is 11.5 Å². The zero-order valence-corrected chi connectivity index (χ0v) is 20.6. The van der Waals surface area contributed by atoms with Crippen molar-refractivity contribution >= 4 is 52.0 Å². The summed E-state index contributed by atoms with van der Waals surface area (Å²) >= 11 is 8.52. The summed E-state index contributed by atoms with van der Waals surface area (Å²) in [6.45, 7) is 1.04. The van der Waals surface area contributed by atoms with Crippen molar-refractivity contribution in [3.8, 4) is 11.5 Å². The minimum Gasteiger partial charge on any atom is -0.493 e. The van der Waals surface area contributed by atoms with E-state index in [1.165, 1.54) is 16.7 Å². The van der Waals surface area contributed by atoms with Crippen molar-refractivity contribution in [3.63, 3.8) is 0 Å². The van der Waals surface area contributed by atoms with Gasteiger partial charge in [-0.3, -0.25) is 9.69 Å². The van der Waals surface area contributed by atoms with E-state index >= 15 is 0 Å². The molecule has 1 amide bonds. The fourth-order valence-corrected chi connectivity index (χ4v) is 5.28. The molecule has 4 rings (SSSR count). The minimum atomic E-state index is -0.0777. The Morgan fingerprint density at radius 2 is 1.73 bits per heavy atom. The first-order chi connectivity index (χ1) is 16.1. The van der Waals surface area contributed by atoms with Gasteiger partial charge in [-0.1, -0.05) is 78.6 Å². The lowest BCUT2D eigenvalue weighted by molar-refractivity contribution is -0.122. The van der Waals surface area contributed by atoms with Crippen LogP contribution in [0.2, 0.25) is 0 Å². The Hall–Kier alpha value is -2.74. The number of hydrogen-bond acceptors (Lipinski definition) is 6. The van der Waals surface area contributed by atoms with Crippen LogP contribution in [0.4, 0.5) is 0 Å². The van der Waals surface area contributed by atoms with Crippen LogP contribution in [0, 0.1) is 0 Å².